The second kappa shape index (κ2) is 13.1. The molecule has 1 aliphatic heterocycles. The molecule has 39 heavy (non-hydrogen) atoms. The molecule has 1 fully saturated rings. The fourth-order valence-corrected chi connectivity index (χ4v) is 4.77. The monoisotopic (exact) mass is 548 g/mol. The molecule has 2 aliphatic rings. The second-order valence-electron chi connectivity index (χ2n) is 10.2. The van der Waals surface area contributed by atoms with Crippen LogP contribution in [-0.4, -0.2) is 58.8 Å². The molecule has 1 aromatic heterocycles. The SMILES string of the molecule is O=C(N[C@@H](CCN(CCCCc1ccc2c(n1)NCCC2)C1CC1)C(=O)O)OCc1cccc(C(F)(F)F)c1. The number of aromatic nitrogens is 1. The predicted octanol–water partition coefficient (Wildman–Crippen LogP) is 5.02. The fourth-order valence-electron chi connectivity index (χ4n) is 4.77. The van der Waals surface area contributed by atoms with Crippen molar-refractivity contribution >= 4 is 17.9 Å². The van der Waals surface area contributed by atoms with Crippen LogP contribution in [0.3, 0.4) is 0 Å². The summed E-state index contributed by atoms with van der Waals surface area (Å²) >= 11 is 0. The first-order chi connectivity index (χ1) is 18.7. The van der Waals surface area contributed by atoms with Gasteiger partial charge in [0.25, 0.3) is 0 Å². The molecule has 1 amide bonds. The minimum absolute atomic E-state index is 0.161. The lowest BCUT2D eigenvalue weighted by Gasteiger charge is -2.24. The summed E-state index contributed by atoms with van der Waals surface area (Å²) in [6, 6.07) is 7.98. The van der Waals surface area contributed by atoms with Gasteiger partial charge in [0.1, 0.15) is 18.5 Å². The van der Waals surface area contributed by atoms with Gasteiger partial charge >= 0.3 is 18.2 Å². The molecule has 0 unspecified atom stereocenters. The third-order valence-electron chi connectivity index (χ3n) is 7.06. The second-order valence-corrected chi connectivity index (χ2v) is 10.2. The number of anilines is 1. The number of ether oxygens (including phenoxy) is 1. The van der Waals surface area contributed by atoms with Gasteiger partial charge in [0.15, 0.2) is 0 Å². The van der Waals surface area contributed by atoms with Crippen molar-refractivity contribution in [2.24, 2.45) is 0 Å². The van der Waals surface area contributed by atoms with E-state index >= 15 is 0 Å². The van der Waals surface area contributed by atoms with Gasteiger partial charge in [-0.2, -0.15) is 13.2 Å². The Morgan fingerprint density at radius 2 is 2.00 bits per heavy atom. The highest BCUT2D eigenvalue weighted by Gasteiger charge is 2.31. The Labute approximate surface area is 225 Å². The van der Waals surface area contributed by atoms with Crippen LogP contribution in [0.2, 0.25) is 0 Å². The zero-order valence-electron chi connectivity index (χ0n) is 21.8. The number of aryl methyl sites for hydroxylation is 2. The molecule has 2 aromatic rings. The summed E-state index contributed by atoms with van der Waals surface area (Å²) in [6.45, 7) is 1.90. The summed E-state index contributed by atoms with van der Waals surface area (Å²) in [6.07, 6.45) is 1.85. The number of hydrogen-bond acceptors (Lipinski definition) is 6. The minimum atomic E-state index is -4.50. The molecule has 1 saturated carbocycles. The third kappa shape index (κ3) is 8.84. The average molecular weight is 549 g/mol. The van der Waals surface area contributed by atoms with Crippen molar-refractivity contribution in [2.75, 3.05) is 25.0 Å². The van der Waals surface area contributed by atoms with E-state index in [0.717, 1.165) is 81.7 Å². The molecule has 4 rings (SSSR count). The number of alkyl halides is 3. The number of hydrogen-bond donors (Lipinski definition) is 3. The number of amides is 1. The normalized spacial score (nSPS) is 15.8. The van der Waals surface area contributed by atoms with Crippen LogP contribution in [0, 0.1) is 0 Å². The Kier molecular flexibility index (Phi) is 9.66. The first-order valence-electron chi connectivity index (χ1n) is 13.5. The van der Waals surface area contributed by atoms with Crippen LogP contribution >= 0.6 is 0 Å². The fraction of sp³-hybridized carbons (Fsp3) is 0.536. The summed E-state index contributed by atoms with van der Waals surface area (Å²) in [5.74, 6) is -0.187. The van der Waals surface area contributed by atoms with Crippen LogP contribution in [0.1, 0.15) is 60.9 Å². The van der Waals surface area contributed by atoms with Crippen molar-refractivity contribution in [1.29, 1.82) is 0 Å². The number of pyridine rings is 1. The van der Waals surface area contributed by atoms with E-state index in [-0.39, 0.29) is 12.0 Å². The first kappa shape index (κ1) is 28.7. The highest BCUT2D eigenvalue weighted by Crippen LogP contribution is 2.30. The van der Waals surface area contributed by atoms with E-state index in [9.17, 15) is 27.9 Å². The van der Waals surface area contributed by atoms with E-state index in [1.165, 1.54) is 17.7 Å². The lowest BCUT2D eigenvalue weighted by Crippen LogP contribution is -2.43. The number of alkyl carbamates (subject to hydrolysis) is 1. The highest BCUT2D eigenvalue weighted by molar-refractivity contribution is 5.79. The molecular formula is C28H35F3N4O4. The van der Waals surface area contributed by atoms with Crippen LogP contribution in [0.5, 0.6) is 0 Å². The van der Waals surface area contributed by atoms with Gasteiger partial charge in [0.2, 0.25) is 0 Å². The van der Waals surface area contributed by atoms with Gasteiger partial charge in [-0.1, -0.05) is 18.2 Å². The van der Waals surface area contributed by atoms with Gasteiger partial charge in [0, 0.05) is 24.8 Å². The van der Waals surface area contributed by atoms with E-state index in [1.54, 1.807) is 0 Å². The Morgan fingerprint density at radius 1 is 1.18 bits per heavy atom. The summed E-state index contributed by atoms with van der Waals surface area (Å²) in [4.78, 5) is 31.0. The molecule has 8 nitrogen and oxygen atoms in total. The number of halogens is 3. The number of fused-ring (bicyclic) bond motifs is 1. The van der Waals surface area contributed by atoms with Crippen molar-refractivity contribution in [3.05, 3.63) is 58.8 Å². The summed E-state index contributed by atoms with van der Waals surface area (Å²) in [7, 11) is 0. The number of unbranched alkanes of at least 4 members (excludes halogenated alkanes) is 1. The zero-order valence-corrected chi connectivity index (χ0v) is 21.8. The molecule has 2 heterocycles. The van der Waals surface area contributed by atoms with E-state index < -0.39 is 36.5 Å². The van der Waals surface area contributed by atoms with Crippen LogP contribution in [-0.2, 0) is 35.2 Å². The maximum absolute atomic E-state index is 12.9. The number of rotatable bonds is 13. The highest BCUT2D eigenvalue weighted by atomic mass is 19.4. The molecule has 1 aromatic carbocycles. The van der Waals surface area contributed by atoms with Gasteiger partial charge in [-0.15, -0.1) is 0 Å². The predicted molar refractivity (Wildman–Crippen MR) is 139 cm³/mol. The van der Waals surface area contributed by atoms with Crippen molar-refractivity contribution in [1.82, 2.24) is 15.2 Å². The zero-order chi connectivity index (χ0) is 27.8. The smallest absolute Gasteiger partial charge is 0.416 e. The molecule has 11 heteroatoms. The van der Waals surface area contributed by atoms with Crippen LogP contribution < -0.4 is 10.6 Å². The van der Waals surface area contributed by atoms with Crippen LogP contribution in [0.25, 0.3) is 0 Å². The summed E-state index contributed by atoms with van der Waals surface area (Å²) in [5, 5.41) is 15.3. The minimum Gasteiger partial charge on any atom is -0.480 e. The number of carboxylic acid groups (broad SMARTS) is 1. The van der Waals surface area contributed by atoms with E-state index in [2.05, 4.69) is 27.7 Å². The topological polar surface area (TPSA) is 104 Å². The van der Waals surface area contributed by atoms with E-state index in [0.29, 0.717) is 12.6 Å². The third-order valence-corrected chi connectivity index (χ3v) is 7.06. The Hall–Kier alpha value is -3.34. The Morgan fingerprint density at radius 3 is 2.74 bits per heavy atom. The number of carbonyl (C=O) groups excluding carboxylic acids is 1. The first-order valence-corrected chi connectivity index (χ1v) is 13.5. The number of carbonyl (C=O) groups is 2. The van der Waals surface area contributed by atoms with Gasteiger partial charge in [-0.25, -0.2) is 14.6 Å². The largest absolute Gasteiger partial charge is 0.480 e. The van der Waals surface area contributed by atoms with Gasteiger partial charge in [-0.05, 0) is 87.2 Å². The number of nitrogens with zero attached hydrogens (tertiary/aromatic N) is 2. The average Bonchev–Trinajstić information content (AvgIpc) is 3.76. The van der Waals surface area contributed by atoms with E-state index in [4.69, 9.17) is 9.72 Å². The lowest BCUT2D eigenvalue weighted by atomic mass is 10.1. The van der Waals surface area contributed by atoms with Crippen molar-refractivity contribution in [3.63, 3.8) is 0 Å². The molecule has 3 N–H and O–H groups in total. The number of carboxylic acids is 1. The van der Waals surface area contributed by atoms with Gasteiger partial charge in [-0.3, -0.25) is 0 Å². The standard InChI is InChI=1S/C28H35F3N4O4/c29-28(30,31)21-7-3-5-19(17-21)18-39-27(38)34-24(26(36)37)13-16-35(23-11-12-23)15-2-1-8-22-10-9-20-6-4-14-32-25(20)33-22/h3,5,7,9-10,17,23-24H,1-2,4,6,8,11-16,18H2,(H,32,33)(H,34,38)(H,36,37)/t24-/m0/s1. The maximum atomic E-state index is 12.9. The van der Waals surface area contributed by atoms with Gasteiger partial charge in [0.05, 0.1) is 5.56 Å². The Bertz CT molecular complexity index is 1140. The van der Waals surface area contributed by atoms with Crippen molar-refractivity contribution in [3.8, 4) is 0 Å². The summed E-state index contributed by atoms with van der Waals surface area (Å²) < 4.78 is 43.6. The van der Waals surface area contributed by atoms with Crippen molar-refractivity contribution in [2.45, 2.75) is 76.2 Å². The molecule has 212 valence electrons. The van der Waals surface area contributed by atoms with Crippen LogP contribution in [0.4, 0.5) is 23.8 Å². The molecule has 1 aliphatic carbocycles. The number of aliphatic carboxylic acids is 1. The molecule has 0 bridgehead atoms. The molecule has 0 spiro atoms. The maximum Gasteiger partial charge on any atom is 0.416 e. The Balaban J connectivity index is 1.20. The van der Waals surface area contributed by atoms with Gasteiger partial charge < -0.3 is 25.4 Å². The quantitative estimate of drug-likeness (QED) is 0.302. The molecule has 1 atom stereocenters. The molecular weight excluding hydrogens is 513 g/mol. The van der Waals surface area contributed by atoms with E-state index in [1.807, 2.05) is 0 Å². The van der Waals surface area contributed by atoms with Crippen LogP contribution in [0.15, 0.2) is 36.4 Å². The molecule has 0 saturated heterocycles. The number of nitrogens with one attached hydrogen (secondary N) is 2. The lowest BCUT2D eigenvalue weighted by molar-refractivity contribution is -0.140. The number of benzene rings is 1. The summed E-state index contributed by atoms with van der Waals surface area (Å²) in [5.41, 5.74) is 1.66. The van der Waals surface area contributed by atoms with Crippen molar-refractivity contribution < 1.29 is 32.6 Å². The molecule has 0 radical (unpaired) electrons.